The number of aromatic nitrogens is 1. The molecule has 6 nitrogen and oxygen atoms in total. The molecule has 0 amide bonds. The number of para-hydroxylation sites is 1. The molecule has 0 radical (unpaired) electrons. The van der Waals surface area contributed by atoms with E-state index >= 15 is 0 Å². The number of esters is 1. The van der Waals surface area contributed by atoms with E-state index in [1.54, 1.807) is 43.3 Å². The second-order valence-electron chi connectivity index (χ2n) is 6.54. The standard InChI is InChI=1S/C21H19NO5S/c1-14(2)13-27-21(24)20(23)18-12-22(19-7-5-4-6-17(18)19)28(25,26)16-10-8-15(3)9-11-16/h4-12H,1,13H2,2-3H3. The number of Topliss-reactive ketones (excluding diaryl/α,β-unsaturated/α-hetero) is 1. The van der Waals surface area contributed by atoms with Gasteiger partial charge in [-0.2, -0.15) is 0 Å². The Balaban J connectivity index is 2.11. The molecular formula is C21H19NO5S. The summed E-state index contributed by atoms with van der Waals surface area (Å²) in [4.78, 5) is 24.8. The van der Waals surface area contributed by atoms with E-state index in [1.807, 2.05) is 6.92 Å². The van der Waals surface area contributed by atoms with Crippen LogP contribution in [0.5, 0.6) is 0 Å². The molecular weight excluding hydrogens is 378 g/mol. The number of ketones is 1. The molecule has 7 heteroatoms. The fourth-order valence-electron chi connectivity index (χ4n) is 2.72. The van der Waals surface area contributed by atoms with Crippen LogP contribution in [0.1, 0.15) is 22.8 Å². The van der Waals surface area contributed by atoms with Crippen molar-refractivity contribution < 1.29 is 22.7 Å². The Morgan fingerprint density at radius 2 is 1.71 bits per heavy atom. The van der Waals surface area contributed by atoms with Crippen molar-refractivity contribution in [2.24, 2.45) is 0 Å². The minimum Gasteiger partial charge on any atom is -0.455 e. The molecule has 0 spiro atoms. The number of ether oxygens (including phenoxy) is 1. The Hall–Kier alpha value is -3.19. The number of fused-ring (bicyclic) bond motifs is 1. The van der Waals surface area contributed by atoms with Crippen LogP contribution >= 0.6 is 0 Å². The van der Waals surface area contributed by atoms with Gasteiger partial charge in [0.25, 0.3) is 15.8 Å². The Bertz CT molecular complexity index is 1190. The zero-order chi connectivity index (χ0) is 20.5. The van der Waals surface area contributed by atoms with Crippen LogP contribution in [0.3, 0.4) is 0 Å². The second-order valence-corrected chi connectivity index (χ2v) is 8.35. The fourth-order valence-corrected chi connectivity index (χ4v) is 4.09. The number of carbonyl (C=O) groups excluding carboxylic acids is 2. The van der Waals surface area contributed by atoms with Gasteiger partial charge in [-0.3, -0.25) is 4.79 Å². The van der Waals surface area contributed by atoms with E-state index in [-0.39, 0.29) is 17.1 Å². The smallest absolute Gasteiger partial charge is 0.380 e. The highest BCUT2D eigenvalue weighted by molar-refractivity contribution is 7.90. The van der Waals surface area contributed by atoms with Crippen molar-refractivity contribution >= 4 is 32.7 Å². The molecule has 0 saturated heterocycles. The average molecular weight is 397 g/mol. The van der Waals surface area contributed by atoms with Gasteiger partial charge in [0.2, 0.25) is 0 Å². The minimum atomic E-state index is -3.95. The summed E-state index contributed by atoms with van der Waals surface area (Å²) < 4.78 is 32.1. The topological polar surface area (TPSA) is 82.4 Å². The van der Waals surface area contributed by atoms with Gasteiger partial charge in [-0.05, 0) is 37.6 Å². The first-order chi connectivity index (χ1) is 13.2. The Labute approximate surface area is 163 Å². The third kappa shape index (κ3) is 3.61. The van der Waals surface area contributed by atoms with E-state index in [0.29, 0.717) is 16.5 Å². The average Bonchev–Trinajstić information content (AvgIpc) is 3.06. The highest BCUT2D eigenvalue weighted by Crippen LogP contribution is 2.26. The first-order valence-corrected chi connectivity index (χ1v) is 9.94. The van der Waals surface area contributed by atoms with Crippen LogP contribution in [0.4, 0.5) is 0 Å². The van der Waals surface area contributed by atoms with Crippen molar-refractivity contribution in [1.29, 1.82) is 0 Å². The zero-order valence-electron chi connectivity index (χ0n) is 15.5. The molecule has 1 heterocycles. The third-order valence-corrected chi connectivity index (χ3v) is 5.82. The van der Waals surface area contributed by atoms with E-state index in [0.717, 1.165) is 9.54 Å². The van der Waals surface area contributed by atoms with Gasteiger partial charge in [0.1, 0.15) is 6.61 Å². The number of carbonyl (C=O) groups is 2. The van der Waals surface area contributed by atoms with Crippen molar-refractivity contribution in [1.82, 2.24) is 3.97 Å². The lowest BCUT2D eigenvalue weighted by molar-refractivity contribution is -0.137. The van der Waals surface area contributed by atoms with E-state index in [9.17, 15) is 18.0 Å². The lowest BCUT2D eigenvalue weighted by atomic mass is 10.1. The second kappa shape index (κ2) is 7.44. The summed E-state index contributed by atoms with van der Waals surface area (Å²) in [6.45, 7) is 7.06. The summed E-state index contributed by atoms with van der Waals surface area (Å²) in [5.74, 6) is -1.96. The molecule has 2 aromatic carbocycles. The van der Waals surface area contributed by atoms with E-state index in [4.69, 9.17) is 4.74 Å². The molecule has 0 bridgehead atoms. The van der Waals surface area contributed by atoms with Crippen LogP contribution in [-0.4, -0.2) is 30.7 Å². The van der Waals surface area contributed by atoms with Crippen molar-refractivity contribution in [2.75, 3.05) is 6.61 Å². The molecule has 3 aromatic rings. The van der Waals surface area contributed by atoms with Gasteiger partial charge in [0, 0.05) is 11.6 Å². The van der Waals surface area contributed by atoms with Crippen LogP contribution < -0.4 is 0 Å². The van der Waals surface area contributed by atoms with Gasteiger partial charge in [-0.25, -0.2) is 17.2 Å². The molecule has 3 rings (SSSR count). The summed E-state index contributed by atoms with van der Waals surface area (Å²) >= 11 is 0. The molecule has 28 heavy (non-hydrogen) atoms. The summed E-state index contributed by atoms with van der Waals surface area (Å²) in [6.07, 6.45) is 1.17. The molecule has 0 aliphatic heterocycles. The maximum Gasteiger partial charge on any atom is 0.380 e. The van der Waals surface area contributed by atoms with Gasteiger partial charge < -0.3 is 4.74 Å². The molecule has 0 fully saturated rings. The maximum atomic E-state index is 13.1. The highest BCUT2D eigenvalue weighted by Gasteiger charge is 2.27. The summed E-state index contributed by atoms with van der Waals surface area (Å²) in [5, 5.41) is 0.357. The normalized spacial score (nSPS) is 11.4. The predicted octanol–water partition coefficient (Wildman–Crippen LogP) is 3.49. The molecule has 0 unspecified atom stereocenters. The van der Waals surface area contributed by atoms with Crippen LogP contribution in [0.2, 0.25) is 0 Å². The van der Waals surface area contributed by atoms with Crippen LogP contribution in [0, 0.1) is 6.92 Å². The molecule has 1 aromatic heterocycles. The molecule has 144 valence electrons. The van der Waals surface area contributed by atoms with Gasteiger partial charge in [0.05, 0.1) is 16.0 Å². The number of hydrogen-bond donors (Lipinski definition) is 0. The highest BCUT2D eigenvalue weighted by atomic mass is 32.2. The van der Waals surface area contributed by atoms with E-state index in [2.05, 4.69) is 6.58 Å². The summed E-state index contributed by atoms with van der Waals surface area (Å²) in [6, 6.07) is 12.9. The van der Waals surface area contributed by atoms with Crippen LogP contribution in [0.15, 0.2) is 71.8 Å². The predicted molar refractivity (Wildman–Crippen MR) is 106 cm³/mol. The molecule has 0 saturated carbocycles. The maximum absolute atomic E-state index is 13.1. The van der Waals surface area contributed by atoms with E-state index < -0.39 is 21.8 Å². The lowest BCUT2D eigenvalue weighted by Gasteiger charge is -2.07. The fraction of sp³-hybridized carbons (Fsp3) is 0.143. The van der Waals surface area contributed by atoms with Crippen molar-refractivity contribution in [3.63, 3.8) is 0 Å². The first kappa shape index (κ1) is 19.6. The molecule has 0 aliphatic rings. The molecule has 0 aliphatic carbocycles. The lowest BCUT2D eigenvalue weighted by Crippen LogP contribution is -2.18. The monoisotopic (exact) mass is 397 g/mol. The zero-order valence-corrected chi connectivity index (χ0v) is 16.3. The van der Waals surface area contributed by atoms with E-state index in [1.165, 1.54) is 18.3 Å². The van der Waals surface area contributed by atoms with Crippen molar-refractivity contribution in [3.8, 4) is 0 Å². The van der Waals surface area contributed by atoms with Gasteiger partial charge >= 0.3 is 5.97 Å². The van der Waals surface area contributed by atoms with Crippen molar-refractivity contribution in [2.45, 2.75) is 18.7 Å². The van der Waals surface area contributed by atoms with Crippen molar-refractivity contribution in [3.05, 3.63) is 78.0 Å². The number of hydrogen-bond acceptors (Lipinski definition) is 5. The summed E-state index contributed by atoms with van der Waals surface area (Å²) in [7, 11) is -3.95. The number of rotatable bonds is 6. The SMILES string of the molecule is C=C(C)COC(=O)C(=O)c1cn(S(=O)(=O)c2ccc(C)cc2)c2ccccc12. The van der Waals surface area contributed by atoms with Gasteiger partial charge in [0.15, 0.2) is 0 Å². The Morgan fingerprint density at radius 1 is 1.07 bits per heavy atom. The first-order valence-electron chi connectivity index (χ1n) is 8.50. The number of aryl methyl sites for hydroxylation is 1. The largest absolute Gasteiger partial charge is 0.455 e. The quantitative estimate of drug-likeness (QED) is 0.275. The van der Waals surface area contributed by atoms with Gasteiger partial charge in [-0.1, -0.05) is 42.5 Å². The Morgan fingerprint density at radius 3 is 2.36 bits per heavy atom. The Kier molecular flexibility index (Phi) is 5.20. The van der Waals surface area contributed by atoms with Crippen LogP contribution in [-0.2, 0) is 19.6 Å². The third-order valence-electron chi connectivity index (χ3n) is 4.14. The molecule has 0 N–H and O–H groups in total. The van der Waals surface area contributed by atoms with Crippen LogP contribution in [0.25, 0.3) is 10.9 Å². The summed E-state index contributed by atoms with van der Waals surface area (Å²) in [5.41, 5.74) is 1.79. The minimum absolute atomic E-state index is 0.0296. The van der Waals surface area contributed by atoms with Gasteiger partial charge in [-0.15, -0.1) is 0 Å². The number of benzene rings is 2. The molecule has 0 atom stereocenters. The number of nitrogens with zero attached hydrogens (tertiary/aromatic N) is 1.